The zero-order valence-electron chi connectivity index (χ0n) is 12.8. The van der Waals surface area contributed by atoms with Gasteiger partial charge in [-0.1, -0.05) is 42.5 Å². The van der Waals surface area contributed by atoms with Gasteiger partial charge >= 0.3 is 0 Å². The normalized spacial score (nSPS) is 19.3. The van der Waals surface area contributed by atoms with E-state index in [0.29, 0.717) is 17.9 Å². The first-order valence-corrected chi connectivity index (χ1v) is 7.84. The van der Waals surface area contributed by atoms with Gasteiger partial charge in [-0.3, -0.25) is 0 Å². The molecule has 1 N–H and O–H groups in total. The van der Waals surface area contributed by atoms with Crippen LogP contribution < -0.4 is 4.74 Å². The number of alkyl halides is 2. The molecule has 2 aromatic rings. The van der Waals surface area contributed by atoms with Crippen LogP contribution in [0.1, 0.15) is 36.8 Å². The molecule has 0 aliphatic heterocycles. The number of ether oxygens (including phenoxy) is 1. The highest BCUT2D eigenvalue weighted by Crippen LogP contribution is 2.43. The lowest BCUT2D eigenvalue weighted by Gasteiger charge is -2.36. The second kappa shape index (κ2) is 6.28. The molecule has 23 heavy (non-hydrogen) atoms. The molecule has 1 saturated carbocycles. The topological polar surface area (TPSA) is 29.5 Å². The first kappa shape index (κ1) is 15.9. The van der Waals surface area contributed by atoms with Gasteiger partial charge in [0.05, 0.1) is 5.60 Å². The molecule has 1 fully saturated rings. The van der Waals surface area contributed by atoms with Crippen LogP contribution in [0.5, 0.6) is 5.75 Å². The Bertz CT molecular complexity index is 628. The SMILES string of the molecule is OC1(c2ccc(OCc3ccccc3)cc2)CCC(F)(F)CC1. The Morgan fingerprint density at radius 1 is 0.870 bits per heavy atom. The quantitative estimate of drug-likeness (QED) is 0.888. The van der Waals surface area contributed by atoms with Gasteiger partial charge in [0.2, 0.25) is 5.92 Å². The van der Waals surface area contributed by atoms with Crippen molar-refractivity contribution < 1.29 is 18.6 Å². The van der Waals surface area contributed by atoms with Crippen LogP contribution in [0.3, 0.4) is 0 Å². The van der Waals surface area contributed by atoms with E-state index >= 15 is 0 Å². The molecule has 0 unspecified atom stereocenters. The number of hydrogen-bond donors (Lipinski definition) is 1. The van der Waals surface area contributed by atoms with Crippen LogP contribution in [-0.2, 0) is 12.2 Å². The Morgan fingerprint density at radius 2 is 1.48 bits per heavy atom. The molecule has 1 aliphatic rings. The van der Waals surface area contributed by atoms with Crippen LogP contribution in [0.15, 0.2) is 54.6 Å². The zero-order chi connectivity index (χ0) is 16.3. The molecule has 4 heteroatoms. The first-order valence-electron chi connectivity index (χ1n) is 7.84. The molecular weight excluding hydrogens is 298 g/mol. The van der Waals surface area contributed by atoms with E-state index in [2.05, 4.69) is 0 Å². The minimum Gasteiger partial charge on any atom is -0.489 e. The highest BCUT2D eigenvalue weighted by atomic mass is 19.3. The average molecular weight is 318 g/mol. The second-order valence-corrected chi connectivity index (χ2v) is 6.19. The number of halogens is 2. The van der Waals surface area contributed by atoms with E-state index in [-0.39, 0.29) is 25.7 Å². The molecule has 0 spiro atoms. The van der Waals surface area contributed by atoms with Gasteiger partial charge in [-0.05, 0) is 36.1 Å². The molecular formula is C19H20F2O2. The summed E-state index contributed by atoms with van der Waals surface area (Å²) in [5.74, 6) is -1.95. The lowest BCUT2D eigenvalue weighted by molar-refractivity contribution is -0.107. The van der Waals surface area contributed by atoms with E-state index in [1.165, 1.54) is 0 Å². The minimum atomic E-state index is -2.65. The maximum Gasteiger partial charge on any atom is 0.248 e. The Morgan fingerprint density at radius 3 is 2.09 bits per heavy atom. The monoisotopic (exact) mass is 318 g/mol. The van der Waals surface area contributed by atoms with E-state index in [0.717, 1.165) is 5.56 Å². The molecule has 0 amide bonds. The molecule has 0 aromatic heterocycles. The fourth-order valence-electron chi connectivity index (χ4n) is 2.92. The Balaban J connectivity index is 1.63. The summed E-state index contributed by atoms with van der Waals surface area (Å²) in [6, 6.07) is 16.9. The predicted octanol–water partition coefficient (Wildman–Crippen LogP) is 4.66. The maximum atomic E-state index is 13.3. The highest BCUT2D eigenvalue weighted by molar-refractivity contribution is 5.31. The molecule has 3 rings (SSSR count). The highest BCUT2D eigenvalue weighted by Gasteiger charge is 2.43. The van der Waals surface area contributed by atoms with Crippen LogP contribution in [0, 0.1) is 0 Å². The van der Waals surface area contributed by atoms with Gasteiger partial charge in [0.1, 0.15) is 12.4 Å². The molecule has 0 bridgehead atoms. The van der Waals surface area contributed by atoms with Gasteiger partial charge in [-0.15, -0.1) is 0 Å². The van der Waals surface area contributed by atoms with Crippen molar-refractivity contribution >= 4 is 0 Å². The van der Waals surface area contributed by atoms with E-state index in [1.807, 2.05) is 30.3 Å². The molecule has 2 aromatic carbocycles. The van der Waals surface area contributed by atoms with Gasteiger partial charge in [0.15, 0.2) is 0 Å². The van der Waals surface area contributed by atoms with Gasteiger partial charge in [0.25, 0.3) is 0 Å². The van der Waals surface area contributed by atoms with Crippen molar-refractivity contribution in [3.63, 3.8) is 0 Å². The molecule has 2 nitrogen and oxygen atoms in total. The van der Waals surface area contributed by atoms with Crippen molar-refractivity contribution in [3.05, 3.63) is 65.7 Å². The summed E-state index contributed by atoms with van der Waals surface area (Å²) in [6.07, 6.45) is -0.361. The van der Waals surface area contributed by atoms with E-state index in [1.54, 1.807) is 24.3 Å². The van der Waals surface area contributed by atoms with E-state index in [4.69, 9.17) is 4.74 Å². The van der Waals surface area contributed by atoms with Crippen LogP contribution >= 0.6 is 0 Å². The average Bonchev–Trinajstić information content (AvgIpc) is 2.57. The zero-order valence-corrected chi connectivity index (χ0v) is 12.8. The summed E-state index contributed by atoms with van der Waals surface area (Å²) in [6.45, 7) is 0.469. The van der Waals surface area contributed by atoms with Crippen molar-refractivity contribution in [2.24, 2.45) is 0 Å². The van der Waals surface area contributed by atoms with E-state index < -0.39 is 11.5 Å². The Labute approximate surface area is 134 Å². The third-order valence-electron chi connectivity index (χ3n) is 4.45. The maximum absolute atomic E-state index is 13.3. The van der Waals surface area contributed by atoms with Crippen LogP contribution in [0.4, 0.5) is 8.78 Å². The fraction of sp³-hybridized carbons (Fsp3) is 0.368. The second-order valence-electron chi connectivity index (χ2n) is 6.19. The Kier molecular flexibility index (Phi) is 4.35. The summed E-state index contributed by atoms with van der Waals surface area (Å²) >= 11 is 0. The molecule has 0 radical (unpaired) electrons. The van der Waals surface area contributed by atoms with E-state index in [9.17, 15) is 13.9 Å². The standard InChI is InChI=1S/C19H20F2O2/c20-19(21)12-10-18(22,11-13-19)16-6-8-17(9-7-16)23-14-15-4-2-1-3-5-15/h1-9,22H,10-14H2. The van der Waals surface area contributed by atoms with Crippen LogP contribution in [0.2, 0.25) is 0 Å². The fourth-order valence-corrected chi connectivity index (χ4v) is 2.92. The molecule has 0 atom stereocenters. The van der Waals surface area contributed by atoms with Crippen molar-refractivity contribution in [2.45, 2.75) is 43.8 Å². The molecule has 1 aliphatic carbocycles. The molecule has 122 valence electrons. The number of rotatable bonds is 4. The Hall–Kier alpha value is -1.94. The number of benzene rings is 2. The summed E-state index contributed by atoms with van der Waals surface area (Å²) in [4.78, 5) is 0. The van der Waals surface area contributed by atoms with Crippen molar-refractivity contribution in [1.82, 2.24) is 0 Å². The predicted molar refractivity (Wildman–Crippen MR) is 84.5 cm³/mol. The summed E-state index contributed by atoms with van der Waals surface area (Å²) in [7, 11) is 0. The van der Waals surface area contributed by atoms with Crippen LogP contribution in [-0.4, -0.2) is 11.0 Å². The van der Waals surface area contributed by atoms with Gasteiger partial charge in [-0.2, -0.15) is 0 Å². The lowest BCUT2D eigenvalue weighted by Crippen LogP contribution is -2.36. The lowest BCUT2D eigenvalue weighted by atomic mass is 9.78. The van der Waals surface area contributed by atoms with Gasteiger partial charge in [0, 0.05) is 12.8 Å². The number of hydrogen-bond acceptors (Lipinski definition) is 2. The third kappa shape index (κ3) is 3.88. The minimum absolute atomic E-state index is 0.0875. The number of aliphatic hydroxyl groups is 1. The van der Waals surface area contributed by atoms with Crippen LogP contribution in [0.25, 0.3) is 0 Å². The van der Waals surface area contributed by atoms with Crippen molar-refractivity contribution in [1.29, 1.82) is 0 Å². The largest absolute Gasteiger partial charge is 0.489 e. The summed E-state index contributed by atoms with van der Waals surface area (Å²) in [5, 5.41) is 10.6. The third-order valence-corrected chi connectivity index (χ3v) is 4.45. The van der Waals surface area contributed by atoms with Gasteiger partial charge < -0.3 is 9.84 Å². The summed E-state index contributed by atoms with van der Waals surface area (Å²) < 4.78 is 32.2. The van der Waals surface area contributed by atoms with Gasteiger partial charge in [-0.25, -0.2) is 8.78 Å². The first-order chi connectivity index (χ1) is 11.0. The molecule has 0 heterocycles. The van der Waals surface area contributed by atoms with Crippen molar-refractivity contribution in [3.8, 4) is 5.75 Å². The van der Waals surface area contributed by atoms with Crippen molar-refractivity contribution in [2.75, 3.05) is 0 Å². The summed E-state index contributed by atoms with van der Waals surface area (Å²) in [5.41, 5.74) is 0.601. The smallest absolute Gasteiger partial charge is 0.248 e. The molecule has 0 saturated heterocycles.